The van der Waals surface area contributed by atoms with Gasteiger partial charge in [0.15, 0.2) is 17.8 Å². The number of nitrogens with zero attached hydrogens (tertiary/aromatic N) is 1. The van der Waals surface area contributed by atoms with E-state index in [-0.39, 0.29) is 30.5 Å². The Labute approximate surface area is 202 Å². The van der Waals surface area contributed by atoms with Crippen molar-refractivity contribution >= 4 is 18.0 Å². The Kier molecular flexibility index (Phi) is 6.59. The van der Waals surface area contributed by atoms with Crippen LogP contribution in [0.4, 0.5) is 4.79 Å². The highest BCUT2D eigenvalue weighted by Gasteiger charge is 2.34. The zero-order valence-corrected chi connectivity index (χ0v) is 19.7. The van der Waals surface area contributed by atoms with E-state index >= 15 is 0 Å². The van der Waals surface area contributed by atoms with E-state index in [1.54, 1.807) is 20.8 Å². The monoisotopic (exact) mass is 477 g/mol. The fourth-order valence-electron chi connectivity index (χ4n) is 4.27. The Morgan fingerprint density at radius 2 is 1.66 bits per heavy atom. The van der Waals surface area contributed by atoms with Gasteiger partial charge in [-0.3, -0.25) is 4.79 Å². The summed E-state index contributed by atoms with van der Waals surface area (Å²) in [5, 5.41) is 14.4. The number of carbonyl (C=O) groups excluding carboxylic acids is 2. The number of hydrogen-bond acceptors (Lipinski definition) is 6. The second-order valence-electron chi connectivity index (χ2n) is 9.42. The summed E-state index contributed by atoms with van der Waals surface area (Å²) < 4.78 is 10.6. The fourth-order valence-corrected chi connectivity index (χ4v) is 4.27. The second kappa shape index (κ2) is 9.61. The largest absolute Gasteiger partial charge is 0.476 e. The quantitative estimate of drug-likeness (QED) is 0.470. The number of alkyl carbamates (subject to hydrolysis) is 1. The van der Waals surface area contributed by atoms with E-state index < -0.39 is 29.4 Å². The van der Waals surface area contributed by atoms with Crippen LogP contribution in [0.1, 0.15) is 54.1 Å². The molecule has 0 saturated heterocycles. The summed E-state index contributed by atoms with van der Waals surface area (Å²) in [6, 6.07) is 15.1. The van der Waals surface area contributed by atoms with Crippen LogP contribution < -0.4 is 10.6 Å². The minimum Gasteiger partial charge on any atom is -0.476 e. The molecule has 1 aliphatic rings. The number of ether oxygens (including phenoxy) is 1. The van der Waals surface area contributed by atoms with Gasteiger partial charge in [0, 0.05) is 5.92 Å². The van der Waals surface area contributed by atoms with Gasteiger partial charge in [-0.15, -0.1) is 0 Å². The van der Waals surface area contributed by atoms with Crippen molar-refractivity contribution in [1.82, 2.24) is 15.6 Å². The normalized spacial score (nSPS) is 13.5. The lowest BCUT2D eigenvalue weighted by Gasteiger charge is -2.30. The molecule has 182 valence electrons. The summed E-state index contributed by atoms with van der Waals surface area (Å²) in [5.41, 5.74) is 3.50. The number of aromatic nitrogens is 1. The summed E-state index contributed by atoms with van der Waals surface area (Å²) in [4.78, 5) is 40.5. The van der Waals surface area contributed by atoms with Crippen molar-refractivity contribution in [3.05, 3.63) is 77.5 Å². The van der Waals surface area contributed by atoms with Gasteiger partial charge in [-0.1, -0.05) is 69.3 Å². The summed E-state index contributed by atoms with van der Waals surface area (Å²) in [6.45, 7) is 5.35. The van der Waals surface area contributed by atoms with Crippen LogP contribution in [-0.2, 0) is 16.1 Å². The zero-order chi connectivity index (χ0) is 25.2. The Morgan fingerprint density at radius 3 is 2.23 bits per heavy atom. The minimum absolute atomic E-state index is 0.0136. The third kappa shape index (κ3) is 5.03. The van der Waals surface area contributed by atoms with Gasteiger partial charge in [-0.05, 0) is 27.7 Å². The number of oxazole rings is 1. The Bertz CT molecular complexity index is 1210. The molecular weight excluding hydrogens is 450 g/mol. The molecule has 0 saturated carbocycles. The zero-order valence-electron chi connectivity index (χ0n) is 19.7. The molecule has 9 heteroatoms. The Hall–Kier alpha value is -4.14. The Morgan fingerprint density at radius 1 is 1.06 bits per heavy atom. The first kappa shape index (κ1) is 24.0. The molecule has 3 N–H and O–H groups in total. The molecule has 1 atom stereocenters. The predicted octanol–water partition coefficient (Wildman–Crippen LogP) is 3.94. The lowest BCUT2D eigenvalue weighted by Crippen LogP contribution is -2.53. The molecule has 1 heterocycles. The van der Waals surface area contributed by atoms with E-state index in [2.05, 4.69) is 27.8 Å². The molecule has 0 spiro atoms. The van der Waals surface area contributed by atoms with E-state index in [1.807, 2.05) is 36.4 Å². The Balaban J connectivity index is 1.41. The number of hydrogen-bond donors (Lipinski definition) is 3. The van der Waals surface area contributed by atoms with E-state index in [1.165, 1.54) is 0 Å². The fraction of sp³-hybridized carbons (Fsp3) is 0.308. The molecule has 1 aliphatic carbocycles. The van der Waals surface area contributed by atoms with Gasteiger partial charge in [0.1, 0.15) is 12.6 Å². The van der Waals surface area contributed by atoms with Crippen molar-refractivity contribution in [2.45, 2.75) is 39.3 Å². The van der Waals surface area contributed by atoms with Crippen molar-refractivity contribution in [2.24, 2.45) is 5.41 Å². The van der Waals surface area contributed by atoms with Crippen LogP contribution in [0.3, 0.4) is 0 Å². The number of rotatable bonds is 7. The second-order valence-corrected chi connectivity index (χ2v) is 9.42. The van der Waals surface area contributed by atoms with E-state index in [0.717, 1.165) is 28.6 Å². The number of amides is 2. The van der Waals surface area contributed by atoms with Crippen LogP contribution in [0.5, 0.6) is 0 Å². The van der Waals surface area contributed by atoms with Gasteiger partial charge in [-0.2, -0.15) is 0 Å². The van der Waals surface area contributed by atoms with Crippen LogP contribution in [-0.4, -0.2) is 40.7 Å². The van der Waals surface area contributed by atoms with Crippen molar-refractivity contribution < 1.29 is 28.6 Å². The van der Waals surface area contributed by atoms with Crippen LogP contribution in [0, 0.1) is 5.41 Å². The van der Waals surface area contributed by atoms with Gasteiger partial charge in [0.25, 0.3) is 0 Å². The van der Waals surface area contributed by atoms with Crippen LogP contribution in [0.2, 0.25) is 0 Å². The first-order valence-electron chi connectivity index (χ1n) is 11.2. The average Bonchev–Trinajstić information content (AvgIpc) is 3.42. The maximum Gasteiger partial charge on any atom is 0.407 e. The SMILES string of the molecule is CC(C)(C)C(NC(=O)OCC1c2ccccc2-c2ccccc21)C(=O)NCc1ocnc1C(=O)O. The van der Waals surface area contributed by atoms with Crippen molar-refractivity contribution in [2.75, 3.05) is 6.61 Å². The standard InChI is InChI=1S/C26H27N3O6/c1-26(2,3)22(23(30)27-12-20-21(24(31)32)28-14-35-20)29-25(33)34-13-19-17-10-6-4-8-15(17)16-9-5-7-11-18(16)19/h4-11,14,19,22H,12-13H2,1-3H3,(H,27,30)(H,29,33)(H,31,32). The smallest absolute Gasteiger partial charge is 0.407 e. The molecule has 0 aliphatic heterocycles. The molecule has 0 radical (unpaired) electrons. The molecule has 9 nitrogen and oxygen atoms in total. The molecule has 3 aromatic rings. The molecule has 0 fully saturated rings. The third-order valence-electron chi connectivity index (χ3n) is 6.00. The molecule has 35 heavy (non-hydrogen) atoms. The first-order valence-corrected chi connectivity index (χ1v) is 11.2. The lowest BCUT2D eigenvalue weighted by atomic mass is 9.86. The minimum atomic E-state index is -1.26. The number of carbonyl (C=O) groups is 3. The maximum atomic E-state index is 12.9. The number of carboxylic acid groups (broad SMARTS) is 1. The number of aromatic carboxylic acids is 1. The molecule has 4 rings (SSSR count). The number of fused-ring (bicyclic) bond motifs is 3. The van der Waals surface area contributed by atoms with Crippen LogP contribution in [0.15, 0.2) is 59.3 Å². The predicted molar refractivity (Wildman–Crippen MR) is 127 cm³/mol. The lowest BCUT2D eigenvalue weighted by molar-refractivity contribution is -0.125. The summed E-state index contributed by atoms with van der Waals surface area (Å²) in [5.74, 6) is -1.85. The highest BCUT2D eigenvalue weighted by molar-refractivity contribution is 5.88. The molecule has 1 unspecified atom stereocenters. The average molecular weight is 478 g/mol. The van der Waals surface area contributed by atoms with Gasteiger partial charge < -0.3 is 24.9 Å². The molecular formula is C26H27N3O6. The van der Waals surface area contributed by atoms with E-state index in [9.17, 15) is 14.4 Å². The molecule has 2 aromatic carbocycles. The third-order valence-corrected chi connectivity index (χ3v) is 6.00. The van der Waals surface area contributed by atoms with Gasteiger partial charge in [0.2, 0.25) is 5.91 Å². The number of nitrogens with one attached hydrogen (secondary N) is 2. The number of benzene rings is 2. The maximum absolute atomic E-state index is 12.9. The van der Waals surface area contributed by atoms with Crippen LogP contribution in [0.25, 0.3) is 11.1 Å². The van der Waals surface area contributed by atoms with Crippen molar-refractivity contribution in [3.8, 4) is 11.1 Å². The summed E-state index contributed by atoms with van der Waals surface area (Å²) in [6.07, 6.45) is 0.286. The van der Waals surface area contributed by atoms with E-state index in [4.69, 9.17) is 14.3 Å². The van der Waals surface area contributed by atoms with Crippen LogP contribution >= 0.6 is 0 Å². The topological polar surface area (TPSA) is 131 Å². The van der Waals surface area contributed by atoms with Gasteiger partial charge in [0.05, 0.1) is 6.54 Å². The molecule has 1 aromatic heterocycles. The van der Waals surface area contributed by atoms with Crippen molar-refractivity contribution in [3.63, 3.8) is 0 Å². The highest BCUT2D eigenvalue weighted by atomic mass is 16.5. The van der Waals surface area contributed by atoms with Gasteiger partial charge in [-0.25, -0.2) is 14.6 Å². The number of carboxylic acids is 1. The highest BCUT2D eigenvalue weighted by Crippen LogP contribution is 2.44. The molecule has 2 amide bonds. The van der Waals surface area contributed by atoms with E-state index in [0.29, 0.717) is 0 Å². The summed E-state index contributed by atoms with van der Waals surface area (Å²) >= 11 is 0. The summed E-state index contributed by atoms with van der Waals surface area (Å²) in [7, 11) is 0. The van der Waals surface area contributed by atoms with Crippen molar-refractivity contribution in [1.29, 1.82) is 0 Å². The first-order chi connectivity index (χ1) is 16.7. The molecule has 0 bridgehead atoms. The van der Waals surface area contributed by atoms with Gasteiger partial charge >= 0.3 is 12.1 Å².